The molecule has 0 radical (unpaired) electrons. The van der Waals surface area contributed by atoms with Gasteiger partial charge in [0.05, 0.1) is 5.02 Å². The molecule has 0 spiro atoms. The molecule has 2 amide bonds. The second-order valence-corrected chi connectivity index (χ2v) is 8.95. The third kappa shape index (κ3) is 6.83. The summed E-state index contributed by atoms with van der Waals surface area (Å²) in [4.78, 5) is 27.9. The lowest BCUT2D eigenvalue weighted by molar-refractivity contribution is -0.142. The molecule has 0 saturated heterocycles. The van der Waals surface area contributed by atoms with E-state index in [-0.39, 0.29) is 25.0 Å². The number of benzene rings is 3. The standard InChI is InChI=1S/C26H26BrClN2O3/c1-18-8-6-7-11-20(18)16-30(23(26(32)29-2)14-19-9-4-3-5-10-19)25(31)17-33-24-13-12-21(27)15-22(24)28/h3-13,15,23H,14,16-17H2,1-2H3,(H,29,32). The average Bonchev–Trinajstić information content (AvgIpc) is 2.82. The Labute approximate surface area is 207 Å². The highest BCUT2D eigenvalue weighted by atomic mass is 79.9. The van der Waals surface area contributed by atoms with Crippen LogP contribution in [0.5, 0.6) is 5.75 Å². The first-order valence-electron chi connectivity index (χ1n) is 10.6. The lowest BCUT2D eigenvalue weighted by atomic mass is 10.0. The normalized spacial score (nSPS) is 11.5. The van der Waals surface area contributed by atoms with Gasteiger partial charge in [0.25, 0.3) is 5.91 Å². The Morgan fingerprint density at radius 1 is 1.06 bits per heavy atom. The predicted octanol–water partition coefficient (Wildman–Crippen LogP) is 5.18. The van der Waals surface area contributed by atoms with Crippen LogP contribution in [0.4, 0.5) is 0 Å². The lowest BCUT2D eigenvalue weighted by Crippen LogP contribution is -2.51. The van der Waals surface area contributed by atoms with Crippen LogP contribution in [0.3, 0.4) is 0 Å². The maximum Gasteiger partial charge on any atom is 0.261 e. The molecule has 3 rings (SSSR count). The summed E-state index contributed by atoms with van der Waals surface area (Å²) in [7, 11) is 1.58. The second kappa shape index (κ2) is 11.9. The molecule has 3 aromatic carbocycles. The number of amides is 2. The second-order valence-electron chi connectivity index (χ2n) is 7.63. The summed E-state index contributed by atoms with van der Waals surface area (Å²) < 4.78 is 6.56. The molecule has 0 heterocycles. The molecule has 0 bridgehead atoms. The number of nitrogens with zero attached hydrogens (tertiary/aromatic N) is 1. The molecule has 0 aliphatic rings. The number of aryl methyl sites for hydroxylation is 1. The Morgan fingerprint density at radius 2 is 1.76 bits per heavy atom. The first-order valence-corrected chi connectivity index (χ1v) is 11.7. The molecule has 5 nitrogen and oxygen atoms in total. The zero-order chi connectivity index (χ0) is 23.8. The summed E-state index contributed by atoms with van der Waals surface area (Å²) in [5.41, 5.74) is 2.97. The number of hydrogen-bond acceptors (Lipinski definition) is 3. The molecule has 33 heavy (non-hydrogen) atoms. The fourth-order valence-electron chi connectivity index (χ4n) is 3.51. The van der Waals surface area contributed by atoms with E-state index >= 15 is 0 Å². The van der Waals surface area contributed by atoms with Gasteiger partial charge in [0.2, 0.25) is 5.91 Å². The zero-order valence-corrected chi connectivity index (χ0v) is 20.9. The Morgan fingerprint density at radius 3 is 2.42 bits per heavy atom. The van der Waals surface area contributed by atoms with E-state index in [4.69, 9.17) is 16.3 Å². The Bertz CT molecular complexity index is 1110. The molecule has 3 aromatic rings. The van der Waals surface area contributed by atoms with Crippen LogP contribution in [0.25, 0.3) is 0 Å². The number of carbonyl (C=O) groups is 2. The van der Waals surface area contributed by atoms with Crippen molar-refractivity contribution in [3.63, 3.8) is 0 Å². The Hall–Kier alpha value is -2.83. The SMILES string of the molecule is CNC(=O)C(Cc1ccccc1)N(Cc1ccccc1C)C(=O)COc1ccc(Br)cc1Cl. The van der Waals surface area contributed by atoms with Crippen LogP contribution in [0, 0.1) is 6.92 Å². The van der Waals surface area contributed by atoms with E-state index in [9.17, 15) is 9.59 Å². The van der Waals surface area contributed by atoms with Crippen molar-refractivity contribution in [2.75, 3.05) is 13.7 Å². The van der Waals surface area contributed by atoms with Crippen LogP contribution < -0.4 is 10.1 Å². The van der Waals surface area contributed by atoms with E-state index in [1.54, 1.807) is 30.1 Å². The third-order valence-electron chi connectivity index (χ3n) is 5.36. The van der Waals surface area contributed by atoms with Gasteiger partial charge in [-0.25, -0.2) is 0 Å². The van der Waals surface area contributed by atoms with Crippen molar-refractivity contribution in [2.45, 2.75) is 25.9 Å². The first kappa shape index (κ1) is 24.8. The van der Waals surface area contributed by atoms with Gasteiger partial charge in [-0.05, 0) is 41.8 Å². The molecule has 1 unspecified atom stereocenters. The minimum atomic E-state index is -0.700. The highest BCUT2D eigenvalue weighted by Crippen LogP contribution is 2.28. The maximum atomic E-state index is 13.4. The molecule has 0 aliphatic heterocycles. The molecule has 7 heteroatoms. The van der Waals surface area contributed by atoms with Gasteiger partial charge in [0, 0.05) is 24.5 Å². The molecule has 0 aromatic heterocycles. The van der Waals surface area contributed by atoms with Crippen molar-refractivity contribution in [2.24, 2.45) is 0 Å². The van der Waals surface area contributed by atoms with Gasteiger partial charge < -0.3 is 15.0 Å². The zero-order valence-electron chi connectivity index (χ0n) is 18.6. The van der Waals surface area contributed by atoms with Gasteiger partial charge >= 0.3 is 0 Å². The number of halogens is 2. The van der Waals surface area contributed by atoms with Crippen molar-refractivity contribution in [3.8, 4) is 5.75 Å². The smallest absolute Gasteiger partial charge is 0.261 e. The molecule has 172 valence electrons. The molecule has 1 N–H and O–H groups in total. The summed E-state index contributed by atoms with van der Waals surface area (Å²) in [6.45, 7) is 2.03. The van der Waals surface area contributed by atoms with E-state index in [0.29, 0.717) is 17.2 Å². The number of ether oxygens (including phenoxy) is 1. The fraction of sp³-hybridized carbons (Fsp3) is 0.231. The molecule has 0 aliphatic carbocycles. The largest absolute Gasteiger partial charge is 0.482 e. The lowest BCUT2D eigenvalue weighted by Gasteiger charge is -2.31. The Balaban J connectivity index is 1.89. The van der Waals surface area contributed by atoms with Gasteiger partial charge in [0.1, 0.15) is 11.8 Å². The summed E-state index contributed by atoms with van der Waals surface area (Å²) in [6, 6.07) is 22.0. The molecular formula is C26H26BrClN2O3. The summed E-state index contributed by atoms with van der Waals surface area (Å²) in [5.74, 6) is -0.132. The van der Waals surface area contributed by atoms with Gasteiger partial charge in [0.15, 0.2) is 6.61 Å². The number of hydrogen-bond donors (Lipinski definition) is 1. The van der Waals surface area contributed by atoms with E-state index in [0.717, 1.165) is 21.2 Å². The van der Waals surface area contributed by atoms with Crippen LogP contribution in [0.15, 0.2) is 77.3 Å². The minimum absolute atomic E-state index is 0.234. The van der Waals surface area contributed by atoms with Crippen molar-refractivity contribution in [1.82, 2.24) is 10.2 Å². The summed E-state index contributed by atoms with van der Waals surface area (Å²) in [6.07, 6.45) is 0.386. The number of carbonyl (C=O) groups excluding carboxylic acids is 2. The number of likely N-dealkylation sites (N-methyl/N-ethyl adjacent to an activating group) is 1. The van der Waals surface area contributed by atoms with Crippen molar-refractivity contribution in [3.05, 3.63) is 99.0 Å². The highest BCUT2D eigenvalue weighted by molar-refractivity contribution is 9.10. The average molecular weight is 530 g/mol. The highest BCUT2D eigenvalue weighted by Gasteiger charge is 2.30. The van der Waals surface area contributed by atoms with E-state index < -0.39 is 6.04 Å². The quantitative estimate of drug-likeness (QED) is 0.416. The van der Waals surface area contributed by atoms with E-state index in [1.807, 2.05) is 61.5 Å². The van der Waals surface area contributed by atoms with Gasteiger partial charge in [-0.15, -0.1) is 0 Å². The first-order chi connectivity index (χ1) is 15.9. The third-order valence-corrected chi connectivity index (χ3v) is 6.15. The predicted molar refractivity (Wildman–Crippen MR) is 134 cm³/mol. The van der Waals surface area contributed by atoms with Crippen LogP contribution >= 0.6 is 27.5 Å². The molecule has 1 atom stereocenters. The number of nitrogens with one attached hydrogen (secondary N) is 1. The summed E-state index contributed by atoms with van der Waals surface area (Å²) in [5, 5.41) is 3.11. The van der Waals surface area contributed by atoms with Crippen LogP contribution in [0.2, 0.25) is 5.02 Å². The van der Waals surface area contributed by atoms with Crippen LogP contribution in [0.1, 0.15) is 16.7 Å². The molecular weight excluding hydrogens is 504 g/mol. The van der Waals surface area contributed by atoms with Crippen molar-refractivity contribution in [1.29, 1.82) is 0 Å². The monoisotopic (exact) mass is 528 g/mol. The topological polar surface area (TPSA) is 58.6 Å². The van der Waals surface area contributed by atoms with Crippen molar-refractivity contribution < 1.29 is 14.3 Å². The van der Waals surface area contributed by atoms with Crippen LogP contribution in [-0.2, 0) is 22.6 Å². The molecule has 0 saturated carbocycles. The fourth-order valence-corrected chi connectivity index (χ4v) is 4.23. The number of rotatable bonds is 9. The Kier molecular flexibility index (Phi) is 8.92. The van der Waals surface area contributed by atoms with Gasteiger partial charge in [-0.3, -0.25) is 9.59 Å². The molecule has 0 fully saturated rings. The summed E-state index contributed by atoms with van der Waals surface area (Å²) >= 11 is 9.60. The van der Waals surface area contributed by atoms with E-state index in [1.165, 1.54) is 0 Å². The van der Waals surface area contributed by atoms with Gasteiger partial charge in [-0.2, -0.15) is 0 Å². The minimum Gasteiger partial charge on any atom is -0.482 e. The van der Waals surface area contributed by atoms with Gasteiger partial charge in [-0.1, -0.05) is 82.1 Å². The maximum absolute atomic E-state index is 13.4. The van der Waals surface area contributed by atoms with Crippen molar-refractivity contribution >= 4 is 39.3 Å². The van der Waals surface area contributed by atoms with Crippen LogP contribution in [-0.4, -0.2) is 36.4 Å². The van der Waals surface area contributed by atoms with E-state index in [2.05, 4.69) is 21.2 Å².